The maximum atomic E-state index is 11.4. The number of aromatic nitrogens is 1. The maximum absolute atomic E-state index is 11.4. The second-order valence-electron chi connectivity index (χ2n) is 2.83. The summed E-state index contributed by atoms with van der Waals surface area (Å²) in [6, 6.07) is 0. The Morgan fingerprint density at radius 3 is 2.88 bits per heavy atom. The summed E-state index contributed by atoms with van der Waals surface area (Å²) >= 11 is 6.82. The number of hydrogen-bond acceptors (Lipinski definition) is 5. The van der Waals surface area contributed by atoms with Gasteiger partial charge in [0.15, 0.2) is 0 Å². The summed E-state index contributed by atoms with van der Waals surface area (Å²) in [5.41, 5.74) is 0.560. The van der Waals surface area contributed by atoms with Crippen LogP contribution in [-0.4, -0.2) is 34.7 Å². The summed E-state index contributed by atoms with van der Waals surface area (Å²) in [7, 11) is 1.19. The summed E-state index contributed by atoms with van der Waals surface area (Å²) in [6.07, 6.45) is -1.37. The molecule has 1 unspecified atom stereocenters. The third kappa shape index (κ3) is 3.44. The lowest BCUT2D eigenvalue weighted by Crippen LogP contribution is -2.42. The number of carboxylic acids is 1. The molecule has 0 saturated heterocycles. The Morgan fingerprint density at radius 1 is 1.75 bits per heavy atom. The van der Waals surface area contributed by atoms with Crippen LogP contribution in [-0.2, 0) is 20.7 Å². The average molecular weight is 265 g/mol. The number of aliphatic carboxylic acids is 1. The van der Waals surface area contributed by atoms with Crippen molar-refractivity contribution >= 4 is 35.0 Å². The third-order valence-electron chi connectivity index (χ3n) is 1.70. The van der Waals surface area contributed by atoms with Crippen LogP contribution in [0.3, 0.4) is 0 Å². The van der Waals surface area contributed by atoms with E-state index in [1.807, 2.05) is 0 Å². The van der Waals surface area contributed by atoms with Crippen LogP contribution >= 0.6 is 23.1 Å². The fraction of sp³-hybridized carbons (Fsp3) is 0.375. The van der Waals surface area contributed by atoms with Crippen LogP contribution in [0.2, 0.25) is 5.15 Å². The molecule has 2 N–H and O–H groups in total. The van der Waals surface area contributed by atoms with Gasteiger partial charge in [-0.05, 0) is 11.5 Å². The summed E-state index contributed by atoms with van der Waals surface area (Å²) in [5, 5.41) is 12.7. The van der Waals surface area contributed by atoms with Gasteiger partial charge in [0.05, 0.1) is 6.42 Å². The van der Waals surface area contributed by atoms with Crippen LogP contribution < -0.4 is 5.32 Å². The summed E-state index contributed by atoms with van der Waals surface area (Å²) in [5.74, 6) is -1.75. The van der Waals surface area contributed by atoms with Gasteiger partial charge in [-0.2, -0.15) is 4.37 Å². The molecule has 0 spiro atoms. The van der Waals surface area contributed by atoms with E-state index in [4.69, 9.17) is 16.7 Å². The molecule has 16 heavy (non-hydrogen) atoms. The summed E-state index contributed by atoms with van der Waals surface area (Å²) < 4.78 is 8.34. The van der Waals surface area contributed by atoms with Gasteiger partial charge >= 0.3 is 5.97 Å². The van der Waals surface area contributed by atoms with E-state index in [1.165, 1.54) is 7.11 Å². The van der Waals surface area contributed by atoms with Gasteiger partial charge in [-0.1, -0.05) is 11.6 Å². The first-order chi connectivity index (χ1) is 7.54. The van der Waals surface area contributed by atoms with Crippen molar-refractivity contribution in [1.29, 1.82) is 0 Å². The predicted octanol–water partition coefficient (Wildman–Crippen LogP) is 0.512. The van der Waals surface area contributed by atoms with Gasteiger partial charge < -0.3 is 15.2 Å². The topological polar surface area (TPSA) is 88.5 Å². The Bertz CT molecular complexity index is 395. The number of carbonyl (C=O) groups is 2. The first-order valence-corrected chi connectivity index (χ1v) is 5.39. The Balaban J connectivity index is 2.54. The molecular weight excluding hydrogens is 256 g/mol. The smallest absolute Gasteiger partial charge is 0.354 e. The molecule has 0 bridgehead atoms. The molecule has 0 aliphatic rings. The van der Waals surface area contributed by atoms with Crippen molar-refractivity contribution < 1.29 is 19.4 Å². The number of carbonyl (C=O) groups excluding carboxylic acids is 1. The third-order valence-corrected chi connectivity index (χ3v) is 2.80. The van der Waals surface area contributed by atoms with Gasteiger partial charge in [0.1, 0.15) is 5.15 Å². The molecule has 0 saturated carbocycles. The van der Waals surface area contributed by atoms with E-state index >= 15 is 0 Å². The van der Waals surface area contributed by atoms with Crippen molar-refractivity contribution in [2.24, 2.45) is 0 Å². The van der Waals surface area contributed by atoms with E-state index in [-0.39, 0.29) is 11.6 Å². The number of hydrogen-bond donors (Lipinski definition) is 2. The van der Waals surface area contributed by atoms with Gasteiger partial charge in [-0.25, -0.2) is 4.79 Å². The first-order valence-electron chi connectivity index (χ1n) is 4.18. The average Bonchev–Trinajstić information content (AvgIpc) is 2.60. The van der Waals surface area contributed by atoms with E-state index in [9.17, 15) is 9.59 Å². The molecule has 1 aromatic heterocycles. The normalized spacial score (nSPS) is 12.1. The molecule has 1 atom stereocenters. The van der Waals surface area contributed by atoms with Crippen molar-refractivity contribution in [1.82, 2.24) is 9.69 Å². The van der Waals surface area contributed by atoms with Gasteiger partial charge in [-0.3, -0.25) is 4.79 Å². The highest BCUT2D eigenvalue weighted by atomic mass is 35.5. The monoisotopic (exact) mass is 264 g/mol. The molecule has 0 aromatic carbocycles. The molecule has 0 fully saturated rings. The first kappa shape index (κ1) is 12.9. The minimum absolute atomic E-state index is 0.0253. The highest BCUT2D eigenvalue weighted by Gasteiger charge is 2.19. The lowest BCUT2D eigenvalue weighted by Gasteiger charge is -2.11. The van der Waals surface area contributed by atoms with E-state index in [0.717, 1.165) is 11.5 Å². The molecule has 0 aliphatic heterocycles. The lowest BCUT2D eigenvalue weighted by atomic mass is 10.2. The van der Waals surface area contributed by atoms with Crippen molar-refractivity contribution in [3.63, 3.8) is 0 Å². The molecule has 0 radical (unpaired) electrons. The number of ether oxygens (including phenoxy) is 1. The van der Waals surface area contributed by atoms with Gasteiger partial charge in [0.2, 0.25) is 12.1 Å². The maximum Gasteiger partial charge on any atom is 0.354 e. The van der Waals surface area contributed by atoms with E-state index in [2.05, 4.69) is 14.4 Å². The minimum atomic E-state index is -1.35. The second-order valence-corrected chi connectivity index (χ2v) is 3.82. The van der Waals surface area contributed by atoms with Crippen LogP contribution in [0.5, 0.6) is 0 Å². The molecule has 0 aliphatic carbocycles. The largest absolute Gasteiger partial charge is 0.478 e. The molecule has 1 rings (SSSR count). The molecular formula is C8H9ClN2O4S. The Hall–Kier alpha value is -1.18. The Labute approximate surface area is 100 Å². The van der Waals surface area contributed by atoms with Crippen LogP contribution in [0, 0.1) is 0 Å². The van der Waals surface area contributed by atoms with Crippen molar-refractivity contribution in [3.05, 3.63) is 16.1 Å². The fourth-order valence-electron chi connectivity index (χ4n) is 0.950. The lowest BCUT2D eigenvalue weighted by molar-refractivity contribution is -0.153. The predicted molar refractivity (Wildman–Crippen MR) is 57.4 cm³/mol. The zero-order valence-electron chi connectivity index (χ0n) is 8.27. The quantitative estimate of drug-likeness (QED) is 0.757. The number of amides is 1. The highest BCUT2D eigenvalue weighted by molar-refractivity contribution is 7.04. The molecule has 88 valence electrons. The zero-order chi connectivity index (χ0) is 12.1. The van der Waals surface area contributed by atoms with E-state index < -0.39 is 18.1 Å². The number of carboxylic acid groups (broad SMARTS) is 1. The molecule has 1 amide bonds. The van der Waals surface area contributed by atoms with Crippen molar-refractivity contribution in [2.45, 2.75) is 12.6 Å². The van der Waals surface area contributed by atoms with Crippen LogP contribution in [0.1, 0.15) is 5.56 Å². The number of methoxy groups -OCH3 is 1. The van der Waals surface area contributed by atoms with Crippen LogP contribution in [0.15, 0.2) is 5.38 Å². The highest BCUT2D eigenvalue weighted by Crippen LogP contribution is 2.16. The zero-order valence-corrected chi connectivity index (χ0v) is 9.84. The molecule has 1 heterocycles. The van der Waals surface area contributed by atoms with Gasteiger partial charge in [0.25, 0.3) is 0 Å². The fourth-order valence-corrected chi connectivity index (χ4v) is 1.84. The second kappa shape index (κ2) is 5.78. The Morgan fingerprint density at radius 2 is 2.44 bits per heavy atom. The van der Waals surface area contributed by atoms with Crippen LogP contribution in [0.4, 0.5) is 0 Å². The molecule has 8 heteroatoms. The number of halogens is 1. The number of rotatable bonds is 5. The number of nitrogens with zero attached hydrogens (tertiary/aromatic N) is 1. The number of nitrogens with one attached hydrogen (secondary N) is 1. The van der Waals surface area contributed by atoms with E-state index in [0.29, 0.717) is 5.56 Å². The molecule has 1 aromatic rings. The van der Waals surface area contributed by atoms with Gasteiger partial charge in [-0.15, -0.1) is 0 Å². The Kier molecular flexibility index (Phi) is 4.66. The van der Waals surface area contributed by atoms with Crippen molar-refractivity contribution in [3.8, 4) is 0 Å². The van der Waals surface area contributed by atoms with E-state index in [1.54, 1.807) is 5.38 Å². The molecule has 6 nitrogen and oxygen atoms in total. The SMILES string of the molecule is COC(NC(=O)Cc1csnc1Cl)C(=O)O. The summed E-state index contributed by atoms with van der Waals surface area (Å²) in [6.45, 7) is 0. The van der Waals surface area contributed by atoms with Gasteiger partial charge in [0, 0.05) is 18.1 Å². The standard InChI is InChI=1S/C8H9ClN2O4S/c1-15-7(8(13)14)10-5(12)2-4-3-16-11-6(4)9/h3,7H,2H2,1H3,(H,10,12)(H,13,14). The minimum Gasteiger partial charge on any atom is -0.478 e. The van der Waals surface area contributed by atoms with Crippen molar-refractivity contribution in [2.75, 3.05) is 7.11 Å². The van der Waals surface area contributed by atoms with Crippen LogP contribution in [0.25, 0.3) is 0 Å². The summed E-state index contributed by atoms with van der Waals surface area (Å²) in [4.78, 5) is 22.0.